The van der Waals surface area contributed by atoms with Crippen LogP contribution in [0.3, 0.4) is 0 Å². The van der Waals surface area contributed by atoms with Crippen molar-refractivity contribution in [1.82, 2.24) is 20.0 Å². The minimum Gasteiger partial charge on any atom is -0.461 e. The topological polar surface area (TPSA) is 99.3 Å². The molecule has 2 aliphatic heterocycles. The van der Waals surface area contributed by atoms with Gasteiger partial charge in [-0.3, -0.25) is 19.3 Å². The van der Waals surface area contributed by atoms with Crippen LogP contribution in [-0.2, 0) is 23.9 Å². The summed E-state index contributed by atoms with van der Waals surface area (Å²) in [6, 6.07) is -1.55. The van der Waals surface area contributed by atoms with E-state index in [1.807, 2.05) is 33.8 Å². The van der Waals surface area contributed by atoms with Crippen molar-refractivity contribution in [3.05, 3.63) is 11.6 Å². The molecule has 43 heavy (non-hydrogen) atoms. The van der Waals surface area contributed by atoms with Gasteiger partial charge in [0.15, 0.2) is 0 Å². The zero-order valence-electron chi connectivity index (χ0n) is 28.1. The lowest BCUT2D eigenvalue weighted by Crippen LogP contribution is -2.58. The minimum absolute atomic E-state index is 0.0284. The van der Waals surface area contributed by atoms with E-state index in [9.17, 15) is 19.2 Å². The number of likely N-dealkylation sites (tertiary alicyclic amines) is 2. The number of piperidine rings is 1. The van der Waals surface area contributed by atoms with Gasteiger partial charge in [-0.25, -0.2) is 4.79 Å². The minimum atomic E-state index is -0.670. The lowest BCUT2D eigenvalue weighted by molar-refractivity contribution is -0.158. The maximum atomic E-state index is 13.9. The second-order valence-electron chi connectivity index (χ2n) is 14.0. The van der Waals surface area contributed by atoms with Gasteiger partial charge in [-0.2, -0.15) is 0 Å². The number of ether oxygens (including phenoxy) is 1. The molecule has 1 aliphatic carbocycles. The number of esters is 1. The van der Waals surface area contributed by atoms with Crippen molar-refractivity contribution in [2.75, 3.05) is 20.1 Å². The van der Waals surface area contributed by atoms with Crippen LogP contribution in [0.4, 0.5) is 0 Å². The van der Waals surface area contributed by atoms with Gasteiger partial charge in [0.25, 0.3) is 0 Å². The van der Waals surface area contributed by atoms with Gasteiger partial charge < -0.3 is 19.9 Å². The van der Waals surface area contributed by atoms with Gasteiger partial charge in [0, 0.05) is 25.2 Å². The van der Waals surface area contributed by atoms with E-state index in [4.69, 9.17) is 4.74 Å². The molecule has 0 spiro atoms. The third-order valence-electron chi connectivity index (χ3n) is 9.60. The van der Waals surface area contributed by atoms with E-state index in [1.165, 1.54) is 6.42 Å². The molecule has 2 saturated heterocycles. The quantitative estimate of drug-likeness (QED) is 0.272. The molecule has 1 N–H and O–H groups in total. The van der Waals surface area contributed by atoms with Crippen molar-refractivity contribution >= 4 is 23.7 Å². The van der Waals surface area contributed by atoms with Crippen LogP contribution >= 0.6 is 0 Å². The Labute approximate surface area is 260 Å². The molecule has 1 unspecified atom stereocenters. The van der Waals surface area contributed by atoms with Crippen LogP contribution in [0.5, 0.6) is 0 Å². The Morgan fingerprint density at radius 1 is 0.814 bits per heavy atom. The largest absolute Gasteiger partial charge is 0.461 e. The lowest BCUT2D eigenvalue weighted by Gasteiger charge is -2.39. The molecular formula is C34H58N4O5. The molecule has 9 heteroatoms. The zero-order chi connectivity index (χ0) is 31.8. The molecule has 3 rings (SSSR count). The molecule has 0 radical (unpaired) electrons. The van der Waals surface area contributed by atoms with Gasteiger partial charge in [-0.1, -0.05) is 46.6 Å². The highest BCUT2D eigenvalue weighted by Gasteiger charge is 2.39. The predicted octanol–water partition coefficient (Wildman–Crippen LogP) is 4.69. The molecule has 0 aromatic carbocycles. The highest BCUT2D eigenvalue weighted by Crippen LogP contribution is 2.26. The van der Waals surface area contributed by atoms with Crippen LogP contribution in [-0.4, -0.2) is 94.8 Å². The Morgan fingerprint density at radius 3 is 2.05 bits per heavy atom. The fourth-order valence-corrected chi connectivity index (χ4v) is 6.97. The van der Waals surface area contributed by atoms with Crippen molar-refractivity contribution < 1.29 is 23.9 Å². The molecule has 9 nitrogen and oxygen atoms in total. The second kappa shape index (κ2) is 16.1. The number of nitrogens with zero attached hydrogens (tertiary/aromatic N) is 3. The van der Waals surface area contributed by atoms with Crippen molar-refractivity contribution in [2.24, 2.45) is 11.8 Å². The summed E-state index contributed by atoms with van der Waals surface area (Å²) in [6.45, 7) is 15.3. The standard InChI is InChI=1S/C34H58N4O5/c1-22(2)29(21-25(7)32(40)38-20-14-18-28(38)34(42)43-26-15-10-9-11-16-26)36(8)33(41)30(23(3)4)35-31(39)27-17-12-13-19-37(27)24(5)6/h21-24,26-30H,9-20H2,1-8H3,(H,35,39)/b25-21+/t27-,28+,29-,30?/m1/s1. The number of amides is 3. The summed E-state index contributed by atoms with van der Waals surface area (Å²) >= 11 is 0. The maximum Gasteiger partial charge on any atom is 0.329 e. The van der Waals surface area contributed by atoms with Crippen LogP contribution < -0.4 is 5.32 Å². The summed E-state index contributed by atoms with van der Waals surface area (Å²) in [4.78, 5) is 59.6. The van der Waals surface area contributed by atoms with Crippen LogP contribution in [0.25, 0.3) is 0 Å². The molecule has 0 aromatic rings. The summed E-state index contributed by atoms with van der Waals surface area (Å²) in [5, 5.41) is 3.10. The Bertz CT molecular complexity index is 1000. The van der Waals surface area contributed by atoms with Crippen LogP contribution in [0.2, 0.25) is 0 Å². The van der Waals surface area contributed by atoms with E-state index in [2.05, 4.69) is 24.1 Å². The zero-order valence-corrected chi connectivity index (χ0v) is 28.1. The third kappa shape index (κ3) is 9.05. The summed E-state index contributed by atoms with van der Waals surface area (Å²) in [5.74, 6) is -0.801. The first kappa shape index (κ1) is 35.1. The highest BCUT2D eigenvalue weighted by atomic mass is 16.5. The van der Waals surface area contributed by atoms with Crippen LogP contribution in [0.15, 0.2) is 11.6 Å². The number of hydrogen-bond acceptors (Lipinski definition) is 6. The predicted molar refractivity (Wildman–Crippen MR) is 169 cm³/mol. The fourth-order valence-electron chi connectivity index (χ4n) is 6.97. The summed E-state index contributed by atoms with van der Waals surface area (Å²) in [5.41, 5.74) is 0.510. The lowest BCUT2D eigenvalue weighted by atomic mass is 9.95. The molecule has 2 heterocycles. The third-order valence-corrected chi connectivity index (χ3v) is 9.60. The number of carbonyl (C=O) groups is 4. The number of likely N-dealkylation sites (N-methyl/N-ethyl adjacent to an activating group) is 1. The smallest absolute Gasteiger partial charge is 0.329 e. The summed E-state index contributed by atoms with van der Waals surface area (Å²) in [7, 11) is 1.75. The van der Waals surface area contributed by atoms with E-state index < -0.39 is 12.1 Å². The van der Waals surface area contributed by atoms with Crippen molar-refractivity contribution in [3.8, 4) is 0 Å². The molecule has 3 amide bonds. The van der Waals surface area contributed by atoms with Gasteiger partial charge >= 0.3 is 5.97 Å². The molecule has 244 valence electrons. The molecular weight excluding hydrogens is 544 g/mol. The van der Waals surface area contributed by atoms with Crippen molar-refractivity contribution in [1.29, 1.82) is 0 Å². The van der Waals surface area contributed by atoms with E-state index in [-0.39, 0.29) is 59.8 Å². The SMILES string of the molecule is C/C(=C\[C@H](C(C)C)N(C)C(=O)C(NC(=O)[C@H]1CCCCN1C(C)C)C(C)C)C(=O)N1CCC[C@H]1C(=O)OC1CCCCC1. The molecule has 4 atom stereocenters. The Morgan fingerprint density at radius 2 is 1.44 bits per heavy atom. The molecule has 0 aromatic heterocycles. The van der Waals surface area contributed by atoms with Gasteiger partial charge in [0.05, 0.1) is 12.1 Å². The molecule has 1 saturated carbocycles. The van der Waals surface area contributed by atoms with Crippen LogP contribution in [0, 0.1) is 11.8 Å². The Balaban J connectivity index is 1.71. The second-order valence-corrected chi connectivity index (χ2v) is 14.0. The first-order chi connectivity index (χ1) is 20.3. The van der Waals surface area contributed by atoms with Crippen molar-refractivity contribution in [3.63, 3.8) is 0 Å². The normalized spacial score (nSPS) is 23.9. The summed E-state index contributed by atoms with van der Waals surface area (Å²) in [6.07, 6.45) is 11.2. The van der Waals surface area contributed by atoms with E-state index in [0.717, 1.165) is 57.9 Å². The fraction of sp³-hybridized carbons (Fsp3) is 0.824. The molecule has 3 aliphatic rings. The monoisotopic (exact) mass is 602 g/mol. The number of carbonyl (C=O) groups excluding carboxylic acids is 4. The molecule has 0 bridgehead atoms. The first-order valence-electron chi connectivity index (χ1n) is 16.9. The van der Waals surface area contributed by atoms with E-state index in [0.29, 0.717) is 18.5 Å². The summed E-state index contributed by atoms with van der Waals surface area (Å²) < 4.78 is 5.83. The van der Waals surface area contributed by atoms with Crippen molar-refractivity contribution in [2.45, 2.75) is 149 Å². The molecule has 3 fully saturated rings. The first-order valence-corrected chi connectivity index (χ1v) is 16.9. The Kier molecular flexibility index (Phi) is 13.1. The van der Waals surface area contributed by atoms with Gasteiger partial charge in [0.2, 0.25) is 17.7 Å². The van der Waals surface area contributed by atoms with Crippen LogP contribution in [0.1, 0.15) is 113 Å². The van der Waals surface area contributed by atoms with Gasteiger partial charge in [0.1, 0.15) is 18.2 Å². The maximum absolute atomic E-state index is 13.9. The average Bonchev–Trinajstić information content (AvgIpc) is 3.47. The number of nitrogens with one attached hydrogen (secondary N) is 1. The van der Waals surface area contributed by atoms with E-state index >= 15 is 0 Å². The number of hydrogen-bond donors (Lipinski definition) is 1. The van der Waals surface area contributed by atoms with Gasteiger partial charge in [-0.05, 0) is 90.5 Å². The average molecular weight is 603 g/mol. The highest BCUT2D eigenvalue weighted by molar-refractivity contribution is 5.96. The number of rotatable bonds is 11. The van der Waals surface area contributed by atoms with E-state index in [1.54, 1.807) is 23.8 Å². The van der Waals surface area contributed by atoms with Gasteiger partial charge in [-0.15, -0.1) is 0 Å². The Hall–Kier alpha value is -2.42.